The second-order valence-electron chi connectivity index (χ2n) is 7.89. The second kappa shape index (κ2) is 11.3. The SMILES string of the molecule is Cc1cccc(/C=N/Nc2cc(N3CCOCC3)cc(OCCN(C)c3ccccn3)n2)c1. The van der Waals surface area contributed by atoms with Crippen LogP contribution in [0, 0.1) is 6.92 Å². The van der Waals surface area contributed by atoms with E-state index in [4.69, 9.17) is 9.47 Å². The summed E-state index contributed by atoms with van der Waals surface area (Å²) < 4.78 is 11.5. The maximum atomic E-state index is 6.02. The molecule has 4 rings (SSSR count). The molecule has 8 nitrogen and oxygen atoms in total. The highest BCUT2D eigenvalue weighted by Gasteiger charge is 2.14. The van der Waals surface area contributed by atoms with Gasteiger partial charge in [0.05, 0.1) is 26.0 Å². The highest BCUT2D eigenvalue weighted by atomic mass is 16.5. The maximum absolute atomic E-state index is 6.02. The lowest BCUT2D eigenvalue weighted by Gasteiger charge is -2.29. The molecule has 1 saturated heterocycles. The summed E-state index contributed by atoms with van der Waals surface area (Å²) in [5, 5.41) is 4.38. The summed E-state index contributed by atoms with van der Waals surface area (Å²) in [6.07, 6.45) is 3.58. The van der Waals surface area contributed by atoms with Crippen LogP contribution in [-0.2, 0) is 4.74 Å². The van der Waals surface area contributed by atoms with Gasteiger partial charge in [-0.2, -0.15) is 10.1 Å². The van der Waals surface area contributed by atoms with Crippen LogP contribution in [0.1, 0.15) is 11.1 Å². The average molecular weight is 447 g/mol. The van der Waals surface area contributed by atoms with E-state index in [-0.39, 0.29) is 0 Å². The minimum absolute atomic E-state index is 0.485. The Hall–Kier alpha value is -3.65. The zero-order valence-electron chi connectivity index (χ0n) is 19.1. The monoisotopic (exact) mass is 446 g/mol. The average Bonchev–Trinajstić information content (AvgIpc) is 2.85. The molecule has 3 aromatic rings. The van der Waals surface area contributed by atoms with Crippen molar-refractivity contribution in [3.63, 3.8) is 0 Å². The van der Waals surface area contributed by atoms with E-state index in [1.54, 1.807) is 12.4 Å². The van der Waals surface area contributed by atoms with Crippen LogP contribution in [0.15, 0.2) is 65.9 Å². The Morgan fingerprint density at radius 2 is 2.03 bits per heavy atom. The lowest BCUT2D eigenvalue weighted by molar-refractivity contribution is 0.122. The van der Waals surface area contributed by atoms with Crippen LogP contribution in [-0.4, -0.2) is 62.7 Å². The standard InChI is InChI=1S/C25H30N6O2/c1-20-6-5-7-21(16-20)19-27-29-23-17-22(31-11-13-32-14-12-31)18-25(28-23)33-15-10-30(2)24-8-3-4-9-26-24/h3-9,16-19H,10-15H2,1-2H3,(H,28,29)/b27-19+. The molecule has 0 unspecified atom stereocenters. The number of pyridine rings is 2. The third-order valence-corrected chi connectivity index (χ3v) is 5.31. The van der Waals surface area contributed by atoms with Crippen LogP contribution in [0.5, 0.6) is 5.88 Å². The van der Waals surface area contributed by atoms with E-state index in [9.17, 15) is 0 Å². The molecule has 0 atom stereocenters. The molecule has 8 heteroatoms. The van der Waals surface area contributed by atoms with Crippen LogP contribution < -0.4 is 20.0 Å². The van der Waals surface area contributed by atoms with Gasteiger partial charge in [-0.15, -0.1) is 0 Å². The molecule has 0 saturated carbocycles. The molecule has 0 amide bonds. The van der Waals surface area contributed by atoms with Crippen molar-refractivity contribution in [2.75, 3.05) is 61.7 Å². The Morgan fingerprint density at radius 3 is 2.82 bits per heavy atom. The van der Waals surface area contributed by atoms with Crippen LogP contribution >= 0.6 is 0 Å². The van der Waals surface area contributed by atoms with Crippen LogP contribution in [0.4, 0.5) is 17.3 Å². The lowest BCUT2D eigenvalue weighted by atomic mass is 10.2. The van der Waals surface area contributed by atoms with Gasteiger partial charge in [0.15, 0.2) is 5.82 Å². The van der Waals surface area contributed by atoms with Crippen molar-refractivity contribution in [2.24, 2.45) is 5.10 Å². The first-order valence-electron chi connectivity index (χ1n) is 11.1. The van der Waals surface area contributed by atoms with Gasteiger partial charge in [0.2, 0.25) is 5.88 Å². The molecule has 3 heterocycles. The first kappa shape index (κ1) is 22.5. The number of benzene rings is 1. The summed E-state index contributed by atoms with van der Waals surface area (Å²) >= 11 is 0. The third kappa shape index (κ3) is 6.66. The van der Waals surface area contributed by atoms with Crippen LogP contribution in [0.3, 0.4) is 0 Å². The van der Waals surface area contributed by atoms with Crippen LogP contribution in [0.2, 0.25) is 0 Å². The number of hydrogen-bond donors (Lipinski definition) is 1. The van der Waals surface area contributed by atoms with Gasteiger partial charge in [-0.1, -0.05) is 35.9 Å². The molecule has 1 aliphatic heterocycles. The number of nitrogens with one attached hydrogen (secondary N) is 1. The van der Waals surface area contributed by atoms with Gasteiger partial charge in [-0.05, 0) is 24.6 Å². The van der Waals surface area contributed by atoms with E-state index in [1.165, 1.54) is 5.56 Å². The first-order valence-corrected chi connectivity index (χ1v) is 11.1. The van der Waals surface area contributed by atoms with E-state index in [0.29, 0.717) is 38.1 Å². The van der Waals surface area contributed by atoms with Crippen LogP contribution in [0.25, 0.3) is 0 Å². The largest absolute Gasteiger partial charge is 0.476 e. The molecule has 33 heavy (non-hydrogen) atoms. The van der Waals surface area contributed by atoms with Gasteiger partial charge >= 0.3 is 0 Å². The zero-order valence-corrected chi connectivity index (χ0v) is 19.1. The van der Waals surface area contributed by atoms with Crippen molar-refractivity contribution in [1.82, 2.24) is 9.97 Å². The van der Waals surface area contributed by atoms with E-state index in [1.807, 2.05) is 49.5 Å². The fourth-order valence-electron chi connectivity index (χ4n) is 3.53. The predicted octanol–water partition coefficient (Wildman–Crippen LogP) is 3.58. The van der Waals surface area contributed by atoms with Crippen molar-refractivity contribution in [2.45, 2.75) is 6.92 Å². The summed E-state index contributed by atoms with van der Waals surface area (Å²) in [4.78, 5) is 13.3. The quantitative estimate of drug-likeness (QED) is 0.398. The molecule has 2 aromatic heterocycles. The molecule has 1 aromatic carbocycles. The molecular weight excluding hydrogens is 416 g/mol. The van der Waals surface area contributed by atoms with Crippen molar-refractivity contribution < 1.29 is 9.47 Å². The number of ether oxygens (including phenoxy) is 2. The van der Waals surface area contributed by atoms with Crippen molar-refractivity contribution in [1.29, 1.82) is 0 Å². The fourth-order valence-corrected chi connectivity index (χ4v) is 3.53. The number of morpholine rings is 1. The second-order valence-corrected chi connectivity index (χ2v) is 7.89. The molecular formula is C25H30N6O2. The molecule has 0 aliphatic carbocycles. The van der Waals surface area contributed by atoms with Crippen molar-refractivity contribution in [3.05, 3.63) is 71.9 Å². The number of likely N-dealkylation sites (N-methyl/N-ethyl adjacent to an activating group) is 1. The minimum atomic E-state index is 0.485. The van der Waals surface area contributed by atoms with Gasteiger partial charge in [-0.25, -0.2) is 4.98 Å². The summed E-state index contributed by atoms with van der Waals surface area (Å²) in [7, 11) is 2.00. The van der Waals surface area contributed by atoms with Gasteiger partial charge in [-0.3, -0.25) is 5.43 Å². The van der Waals surface area contributed by atoms with Gasteiger partial charge in [0.1, 0.15) is 12.4 Å². The predicted molar refractivity (Wildman–Crippen MR) is 133 cm³/mol. The topological polar surface area (TPSA) is 75.1 Å². The highest BCUT2D eigenvalue weighted by molar-refractivity contribution is 5.80. The number of aromatic nitrogens is 2. The maximum Gasteiger partial charge on any atom is 0.217 e. The Kier molecular flexibility index (Phi) is 7.71. The zero-order chi connectivity index (χ0) is 22.9. The number of aryl methyl sites for hydroxylation is 1. The minimum Gasteiger partial charge on any atom is -0.476 e. The molecule has 0 bridgehead atoms. The molecule has 1 fully saturated rings. The number of rotatable bonds is 9. The number of anilines is 3. The van der Waals surface area contributed by atoms with Crippen molar-refractivity contribution in [3.8, 4) is 5.88 Å². The number of hydrogen-bond acceptors (Lipinski definition) is 8. The number of hydrazone groups is 1. The van der Waals surface area contributed by atoms with Gasteiger partial charge in [0.25, 0.3) is 0 Å². The molecule has 0 radical (unpaired) electrons. The smallest absolute Gasteiger partial charge is 0.217 e. The van der Waals surface area contributed by atoms with E-state index < -0.39 is 0 Å². The van der Waals surface area contributed by atoms with Gasteiger partial charge < -0.3 is 19.3 Å². The summed E-state index contributed by atoms with van der Waals surface area (Å²) in [5.41, 5.74) is 6.32. The number of nitrogens with zero attached hydrogens (tertiary/aromatic N) is 5. The first-order chi connectivity index (χ1) is 16.2. The fraction of sp³-hybridized carbons (Fsp3) is 0.320. The van der Waals surface area contributed by atoms with E-state index >= 15 is 0 Å². The third-order valence-electron chi connectivity index (χ3n) is 5.31. The summed E-state index contributed by atoms with van der Waals surface area (Å²) in [6.45, 7) is 6.32. The Labute approximate surface area is 194 Å². The Bertz CT molecular complexity index is 1050. The lowest BCUT2D eigenvalue weighted by Crippen LogP contribution is -2.36. The van der Waals surface area contributed by atoms with E-state index in [2.05, 4.69) is 49.4 Å². The molecule has 172 valence electrons. The molecule has 1 aliphatic rings. The Morgan fingerprint density at radius 1 is 1.15 bits per heavy atom. The van der Waals surface area contributed by atoms with E-state index in [0.717, 1.165) is 30.2 Å². The molecule has 0 spiro atoms. The summed E-state index contributed by atoms with van der Waals surface area (Å²) in [6, 6.07) is 18.0. The van der Waals surface area contributed by atoms with Gasteiger partial charge in [0, 0.05) is 44.2 Å². The Balaban J connectivity index is 1.44. The molecule has 1 N–H and O–H groups in total. The van der Waals surface area contributed by atoms with Crippen molar-refractivity contribution >= 4 is 23.5 Å². The normalized spacial score (nSPS) is 13.8. The highest BCUT2D eigenvalue weighted by Crippen LogP contribution is 2.25. The summed E-state index contributed by atoms with van der Waals surface area (Å²) in [5.74, 6) is 2.10.